The molecule has 0 unspecified atom stereocenters. The Kier molecular flexibility index (Phi) is 7.19. The van der Waals surface area contributed by atoms with Gasteiger partial charge in [-0.05, 0) is 41.8 Å². The van der Waals surface area contributed by atoms with Gasteiger partial charge >= 0.3 is 12.4 Å². The first-order valence-corrected chi connectivity index (χ1v) is 8.13. The molecule has 0 radical (unpaired) electrons. The minimum atomic E-state index is -4.75. The van der Waals surface area contributed by atoms with E-state index in [0.717, 1.165) is 0 Å². The number of hydrogen-bond acceptors (Lipinski definition) is 3. The quantitative estimate of drug-likeness (QED) is 0.516. The average molecular weight is 399 g/mol. The molecule has 0 aromatic heterocycles. The lowest BCUT2D eigenvalue weighted by molar-refractivity contribution is -0.274. The maximum absolute atomic E-state index is 12.8. The van der Waals surface area contributed by atoms with E-state index in [9.17, 15) is 27.2 Å². The zero-order valence-corrected chi connectivity index (χ0v) is 14.5. The number of carbonyl (C=O) groups excluding carboxylic acids is 2. The normalized spacial score (nSPS) is 10.9. The molecule has 0 aliphatic carbocycles. The van der Waals surface area contributed by atoms with Gasteiger partial charge in [-0.1, -0.05) is 24.3 Å². The van der Waals surface area contributed by atoms with E-state index in [1.165, 1.54) is 48.5 Å². The first kappa shape index (κ1) is 21.0. The van der Waals surface area contributed by atoms with Gasteiger partial charge < -0.3 is 10.1 Å². The smallest absolute Gasteiger partial charge is 0.406 e. The number of amides is 3. The topological polar surface area (TPSA) is 79.5 Å². The highest BCUT2D eigenvalue weighted by atomic mass is 19.4. The van der Waals surface area contributed by atoms with E-state index < -0.39 is 24.1 Å². The zero-order valence-electron chi connectivity index (χ0n) is 14.5. The van der Waals surface area contributed by atoms with E-state index in [2.05, 4.69) is 20.9 Å². The molecule has 0 aliphatic rings. The third-order valence-electron chi connectivity index (χ3n) is 3.45. The summed E-state index contributed by atoms with van der Waals surface area (Å²) < 4.78 is 52.8. The Labute approximate surface area is 157 Å². The minimum absolute atomic E-state index is 0.0348. The Bertz CT molecular complexity index is 793. The van der Waals surface area contributed by atoms with Gasteiger partial charge in [0.2, 0.25) is 5.91 Å². The summed E-state index contributed by atoms with van der Waals surface area (Å²) in [6.07, 6.45) is -4.42. The third kappa shape index (κ3) is 7.94. The number of alkyl halides is 3. The summed E-state index contributed by atoms with van der Waals surface area (Å²) in [5.41, 5.74) is 5.64. The Hall–Kier alpha value is -3.30. The second kappa shape index (κ2) is 9.58. The Morgan fingerprint density at radius 3 is 2.11 bits per heavy atom. The molecule has 0 atom stereocenters. The first-order chi connectivity index (χ1) is 13.2. The van der Waals surface area contributed by atoms with Crippen molar-refractivity contribution in [2.45, 2.75) is 19.2 Å². The van der Waals surface area contributed by atoms with E-state index >= 15 is 0 Å². The molecular weight excluding hydrogens is 382 g/mol. The number of benzene rings is 2. The van der Waals surface area contributed by atoms with Crippen molar-refractivity contribution in [3.8, 4) is 5.75 Å². The third-order valence-corrected chi connectivity index (χ3v) is 3.45. The summed E-state index contributed by atoms with van der Waals surface area (Å²) in [6.45, 7) is 0.194. The summed E-state index contributed by atoms with van der Waals surface area (Å²) >= 11 is 0. The van der Waals surface area contributed by atoms with Crippen LogP contribution >= 0.6 is 0 Å². The van der Waals surface area contributed by atoms with Crippen molar-refractivity contribution < 1.29 is 31.9 Å². The van der Waals surface area contributed by atoms with Gasteiger partial charge in [0.05, 0.1) is 6.42 Å². The van der Waals surface area contributed by atoms with Gasteiger partial charge in [0.25, 0.3) is 0 Å². The molecule has 0 heterocycles. The molecule has 2 aromatic rings. The van der Waals surface area contributed by atoms with E-state index in [-0.39, 0.29) is 18.7 Å². The number of hydrazine groups is 1. The SMILES string of the molecule is O=C(Cc1ccc(F)cc1)NNC(=O)NCCc1ccc(OC(F)(F)F)cc1. The van der Waals surface area contributed by atoms with E-state index in [4.69, 9.17) is 0 Å². The molecule has 0 saturated carbocycles. The minimum Gasteiger partial charge on any atom is -0.406 e. The lowest BCUT2D eigenvalue weighted by atomic mass is 10.1. The summed E-state index contributed by atoms with van der Waals surface area (Å²) in [4.78, 5) is 23.3. The zero-order chi connectivity index (χ0) is 20.6. The van der Waals surface area contributed by atoms with Crippen LogP contribution in [0.3, 0.4) is 0 Å². The molecule has 0 spiro atoms. The molecule has 3 N–H and O–H groups in total. The van der Waals surface area contributed by atoms with Gasteiger partial charge in [0.1, 0.15) is 11.6 Å². The molecule has 6 nitrogen and oxygen atoms in total. The molecule has 0 fully saturated rings. The van der Waals surface area contributed by atoms with Crippen molar-refractivity contribution in [2.75, 3.05) is 6.54 Å². The fraction of sp³-hybridized carbons (Fsp3) is 0.222. The van der Waals surface area contributed by atoms with Gasteiger partial charge in [-0.3, -0.25) is 10.2 Å². The van der Waals surface area contributed by atoms with Crippen LogP contribution in [0.1, 0.15) is 11.1 Å². The van der Waals surface area contributed by atoms with Crippen molar-refractivity contribution in [3.05, 3.63) is 65.5 Å². The first-order valence-electron chi connectivity index (χ1n) is 8.13. The molecule has 3 amide bonds. The fourth-order valence-electron chi connectivity index (χ4n) is 2.18. The molecule has 0 saturated heterocycles. The summed E-state index contributed by atoms with van der Waals surface area (Å²) in [6, 6.07) is 9.98. The molecule has 2 rings (SSSR count). The molecule has 10 heteroatoms. The second-order valence-electron chi connectivity index (χ2n) is 5.67. The molecular formula is C18H17F4N3O3. The Morgan fingerprint density at radius 2 is 1.50 bits per heavy atom. The maximum atomic E-state index is 12.8. The highest BCUT2D eigenvalue weighted by molar-refractivity contribution is 5.82. The highest BCUT2D eigenvalue weighted by Gasteiger charge is 2.30. The van der Waals surface area contributed by atoms with Crippen LogP contribution in [0.4, 0.5) is 22.4 Å². The summed E-state index contributed by atoms with van der Waals surface area (Å²) in [7, 11) is 0. The summed E-state index contributed by atoms with van der Waals surface area (Å²) in [5.74, 6) is -1.22. The molecule has 2 aromatic carbocycles. The fourth-order valence-corrected chi connectivity index (χ4v) is 2.18. The van der Waals surface area contributed by atoms with Crippen molar-refractivity contribution in [1.29, 1.82) is 0 Å². The summed E-state index contributed by atoms with van der Waals surface area (Å²) in [5, 5.41) is 2.49. The molecule has 28 heavy (non-hydrogen) atoms. The Balaban J connectivity index is 1.65. The standard InChI is InChI=1S/C18H17F4N3O3/c19-14-5-1-13(2-6-14)11-16(26)24-25-17(27)23-10-9-12-3-7-15(8-4-12)28-18(20,21)22/h1-8H,9-11H2,(H,24,26)(H2,23,25,27). The van der Waals surface area contributed by atoms with Crippen molar-refractivity contribution >= 4 is 11.9 Å². The van der Waals surface area contributed by atoms with Crippen molar-refractivity contribution in [1.82, 2.24) is 16.2 Å². The van der Waals surface area contributed by atoms with Crippen LogP contribution in [0.5, 0.6) is 5.75 Å². The van der Waals surface area contributed by atoms with Gasteiger partial charge in [-0.15, -0.1) is 13.2 Å². The largest absolute Gasteiger partial charge is 0.573 e. The van der Waals surface area contributed by atoms with Crippen LogP contribution in [0, 0.1) is 5.82 Å². The number of hydrogen-bond donors (Lipinski definition) is 3. The number of rotatable bonds is 6. The lowest BCUT2D eigenvalue weighted by Crippen LogP contribution is -2.47. The second-order valence-corrected chi connectivity index (χ2v) is 5.67. The number of urea groups is 1. The van der Waals surface area contributed by atoms with E-state index in [1.807, 2.05) is 0 Å². The predicted molar refractivity (Wildman–Crippen MR) is 91.6 cm³/mol. The average Bonchev–Trinajstić information content (AvgIpc) is 2.62. The van der Waals surface area contributed by atoms with Crippen LogP contribution in [0.15, 0.2) is 48.5 Å². The van der Waals surface area contributed by atoms with Gasteiger partial charge in [-0.2, -0.15) is 0 Å². The van der Waals surface area contributed by atoms with Gasteiger partial charge in [-0.25, -0.2) is 14.6 Å². The molecule has 0 bridgehead atoms. The Morgan fingerprint density at radius 1 is 0.893 bits per heavy atom. The predicted octanol–water partition coefficient (Wildman–Crippen LogP) is 2.84. The van der Waals surface area contributed by atoms with Gasteiger partial charge in [0, 0.05) is 6.54 Å². The van der Waals surface area contributed by atoms with E-state index in [1.54, 1.807) is 0 Å². The van der Waals surface area contributed by atoms with Crippen LogP contribution in [0.2, 0.25) is 0 Å². The monoisotopic (exact) mass is 399 g/mol. The molecule has 0 aliphatic heterocycles. The number of halogens is 4. The van der Waals surface area contributed by atoms with Crippen molar-refractivity contribution in [3.63, 3.8) is 0 Å². The van der Waals surface area contributed by atoms with Crippen LogP contribution in [-0.4, -0.2) is 24.8 Å². The maximum Gasteiger partial charge on any atom is 0.573 e. The van der Waals surface area contributed by atoms with Crippen molar-refractivity contribution in [2.24, 2.45) is 0 Å². The van der Waals surface area contributed by atoms with Crippen LogP contribution in [0.25, 0.3) is 0 Å². The number of ether oxygens (including phenoxy) is 1. The molecule has 150 valence electrons. The van der Waals surface area contributed by atoms with E-state index in [0.29, 0.717) is 17.5 Å². The van der Waals surface area contributed by atoms with Crippen LogP contribution < -0.4 is 20.9 Å². The lowest BCUT2D eigenvalue weighted by Gasteiger charge is -2.10. The van der Waals surface area contributed by atoms with Gasteiger partial charge in [0.15, 0.2) is 0 Å². The number of carbonyl (C=O) groups is 2. The van der Waals surface area contributed by atoms with Crippen LogP contribution in [-0.2, 0) is 17.6 Å². The number of nitrogens with one attached hydrogen (secondary N) is 3. The highest BCUT2D eigenvalue weighted by Crippen LogP contribution is 2.22.